The first-order valence-corrected chi connectivity index (χ1v) is 4.00. The zero-order valence-electron chi connectivity index (χ0n) is 7.09. The summed E-state index contributed by atoms with van der Waals surface area (Å²) in [7, 11) is 1.41. The predicted molar refractivity (Wildman–Crippen MR) is 41.9 cm³/mol. The maximum absolute atomic E-state index is 11.1. The molecule has 3 heteroatoms. The molecule has 1 rings (SSSR count). The van der Waals surface area contributed by atoms with Crippen molar-refractivity contribution in [3.8, 4) is 0 Å². The number of hydrogen-bond donors (Lipinski definition) is 1. The molecule has 1 aliphatic rings. The lowest BCUT2D eigenvalue weighted by molar-refractivity contribution is -0.146. The first-order chi connectivity index (χ1) is 5.14. The van der Waals surface area contributed by atoms with Crippen LogP contribution in [0.15, 0.2) is 0 Å². The highest BCUT2D eigenvalue weighted by Gasteiger charge is 2.48. The van der Waals surface area contributed by atoms with Crippen molar-refractivity contribution in [2.75, 3.05) is 7.11 Å². The van der Waals surface area contributed by atoms with Crippen molar-refractivity contribution in [1.29, 1.82) is 0 Å². The summed E-state index contributed by atoms with van der Waals surface area (Å²) in [6.07, 6.45) is 2.70. The molecule has 1 atom stereocenters. The van der Waals surface area contributed by atoms with Crippen LogP contribution < -0.4 is 5.73 Å². The summed E-state index contributed by atoms with van der Waals surface area (Å²) < 4.78 is 4.65. The van der Waals surface area contributed by atoms with Crippen LogP contribution in [0.25, 0.3) is 0 Å². The van der Waals surface area contributed by atoms with Crippen molar-refractivity contribution in [3.05, 3.63) is 0 Å². The van der Waals surface area contributed by atoms with Crippen LogP contribution in [0.2, 0.25) is 0 Å². The van der Waals surface area contributed by atoms with Crippen molar-refractivity contribution < 1.29 is 9.53 Å². The van der Waals surface area contributed by atoms with Gasteiger partial charge in [-0.25, -0.2) is 0 Å². The normalized spacial score (nSPS) is 22.5. The second kappa shape index (κ2) is 2.81. The monoisotopic (exact) mass is 157 g/mol. The molecule has 0 radical (unpaired) electrons. The Hall–Kier alpha value is -0.570. The van der Waals surface area contributed by atoms with Gasteiger partial charge in [0, 0.05) is 5.54 Å². The molecule has 64 valence electrons. The number of nitrogens with two attached hydrogens (primary N) is 1. The number of hydrogen-bond acceptors (Lipinski definition) is 3. The van der Waals surface area contributed by atoms with Crippen LogP contribution in [0, 0.1) is 5.92 Å². The van der Waals surface area contributed by atoms with Crippen LogP contribution in [0.1, 0.15) is 26.2 Å². The lowest BCUT2D eigenvalue weighted by atomic mass is 9.95. The largest absolute Gasteiger partial charge is 0.469 e. The molecule has 3 nitrogen and oxygen atoms in total. The standard InChI is InChI=1S/C8H15NO2/c1-3-6(7(10)11-2)8(9)4-5-8/h6H,3-5,9H2,1-2H3. The fraction of sp³-hybridized carbons (Fsp3) is 0.875. The van der Waals surface area contributed by atoms with Crippen LogP contribution in [0.3, 0.4) is 0 Å². The van der Waals surface area contributed by atoms with E-state index in [0.717, 1.165) is 19.3 Å². The quantitative estimate of drug-likeness (QED) is 0.613. The van der Waals surface area contributed by atoms with Crippen molar-refractivity contribution in [2.24, 2.45) is 11.7 Å². The molecule has 0 heterocycles. The highest BCUT2D eigenvalue weighted by molar-refractivity contribution is 5.74. The Bertz CT molecular complexity index is 163. The molecule has 0 aromatic heterocycles. The number of ether oxygens (including phenoxy) is 1. The predicted octanol–water partition coefficient (Wildman–Crippen LogP) is 0.677. The van der Waals surface area contributed by atoms with E-state index in [9.17, 15) is 4.79 Å². The third-order valence-electron chi connectivity index (χ3n) is 2.42. The number of rotatable bonds is 3. The Morgan fingerprint density at radius 1 is 1.73 bits per heavy atom. The third kappa shape index (κ3) is 1.53. The van der Waals surface area contributed by atoms with Crippen LogP contribution in [0.4, 0.5) is 0 Å². The molecule has 0 bridgehead atoms. The molecular weight excluding hydrogens is 142 g/mol. The molecule has 0 saturated heterocycles. The number of carbonyl (C=O) groups excluding carboxylic acids is 1. The second-order valence-corrected chi connectivity index (χ2v) is 3.22. The topological polar surface area (TPSA) is 52.3 Å². The van der Waals surface area contributed by atoms with Crippen LogP contribution in [-0.2, 0) is 9.53 Å². The smallest absolute Gasteiger partial charge is 0.310 e. The summed E-state index contributed by atoms with van der Waals surface area (Å²) in [6.45, 7) is 1.97. The third-order valence-corrected chi connectivity index (χ3v) is 2.42. The zero-order valence-corrected chi connectivity index (χ0v) is 7.09. The Labute approximate surface area is 66.9 Å². The van der Waals surface area contributed by atoms with Crippen molar-refractivity contribution in [3.63, 3.8) is 0 Å². The Morgan fingerprint density at radius 3 is 2.55 bits per heavy atom. The van der Waals surface area contributed by atoms with Gasteiger partial charge in [-0.05, 0) is 19.3 Å². The lowest BCUT2D eigenvalue weighted by Gasteiger charge is -2.18. The molecular formula is C8H15NO2. The molecule has 1 fully saturated rings. The van der Waals surface area contributed by atoms with Gasteiger partial charge in [-0.2, -0.15) is 0 Å². The summed E-state index contributed by atoms with van der Waals surface area (Å²) in [6, 6.07) is 0. The van der Waals surface area contributed by atoms with E-state index in [4.69, 9.17) is 5.73 Å². The number of carbonyl (C=O) groups is 1. The van der Waals surface area contributed by atoms with Gasteiger partial charge in [0.1, 0.15) is 0 Å². The van der Waals surface area contributed by atoms with E-state index >= 15 is 0 Å². The minimum Gasteiger partial charge on any atom is -0.469 e. The summed E-state index contributed by atoms with van der Waals surface area (Å²) in [5, 5.41) is 0. The molecule has 0 aromatic rings. The van der Waals surface area contributed by atoms with Gasteiger partial charge in [0.25, 0.3) is 0 Å². The van der Waals surface area contributed by atoms with E-state index in [0.29, 0.717) is 0 Å². The van der Waals surface area contributed by atoms with Gasteiger partial charge in [-0.15, -0.1) is 0 Å². The molecule has 0 amide bonds. The Kier molecular flexibility index (Phi) is 2.18. The van der Waals surface area contributed by atoms with Gasteiger partial charge < -0.3 is 10.5 Å². The fourth-order valence-corrected chi connectivity index (χ4v) is 1.44. The summed E-state index contributed by atoms with van der Waals surface area (Å²) in [5.74, 6) is -0.250. The van der Waals surface area contributed by atoms with E-state index in [-0.39, 0.29) is 17.4 Å². The van der Waals surface area contributed by atoms with E-state index in [1.165, 1.54) is 7.11 Å². The minimum atomic E-state index is -0.234. The van der Waals surface area contributed by atoms with Crippen molar-refractivity contribution in [2.45, 2.75) is 31.7 Å². The molecule has 0 aromatic carbocycles. The molecule has 1 aliphatic carbocycles. The molecule has 1 unspecified atom stereocenters. The van der Waals surface area contributed by atoms with Gasteiger partial charge in [0.05, 0.1) is 13.0 Å². The molecule has 0 spiro atoms. The molecule has 0 aliphatic heterocycles. The summed E-state index contributed by atoms with van der Waals surface area (Å²) in [4.78, 5) is 11.1. The molecule has 2 N–H and O–H groups in total. The second-order valence-electron chi connectivity index (χ2n) is 3.22. The molecule has 1 saturated carbocycles. The van der Waals surface area contributed by atoms with Crippen molar-refractivity contribution >= 4 is 5.97 Å². The average molecular weight is 157 g/mol. The highest BCUT2D eigenvalue weighted by Crippen LogP contribution is 2.41. The highest BCUT2D eigenvalue weighted by atomic mass is 16.5. The molecule has 11 heavy (non-hydrogen) atoms. The maximum Gasteiger partial charge on any atom is 0.310 e. The lowest BCUT2D eigenvalue weighted by Crippen LogP contribution is -2.37. The van der Waals surface area contributed by atoms with E-state index in [1.54, 1.807) is 0 Å². The van der Waals surface area contributed by atoms with E-state index in [2.05, 4.69) is 4.74 Å². The summed E-state index contributed by atoms with van der Waals surface area (Å²) in [5.41, 5.74) is 5.64. The van der Waals surface area contributed by atoms with E-state index in [1.807, 2.05) is 6.92 Å². The maximum atomic E-state index is 11.1. The first kappa shape index (κ1) is 8.53. The van der Waals surface area contributed by atoms with Gasteiger partial charge in [-0.3, -0.25) is 4.79 Å². The van der Waals surface area contributed by atoms with Crippen LogP contribution in [-0.4, -0.2) is 18.6 Å². The van der Waals surface area contributed by atoms with Gasteiger partial charge in [0.15, 0.2) is 0 Å². The summed E-state index contributed by atoms with van der Waals surface area (Å²) >= 11 is 0. The first-order valence-electron chi connectivity index (χ1n) is 4.00. The fourth-order valence-electron chi connectivity index (χ4n) is 1.44. The Balaban J connectivity index is 2.56. The van der Waals surface area contributed by atoms with E-state index < -0.39 is 0 Å². The number of methoxy groups -OCH3 is 1. The number of esters is 1. The Morgan fingerprint density at radius 2 is 2.27 bits per heavy atom. The average Bonchev–Trinajstić information content (AvgIpc) is 2.70. The zero-order chi connectivity index (χ0) is 8.48. The van der Waals surface area contributed by atoms with Crippen LogP contribution in [0.5, 0.6) is 0 Å². The van der Waals surface area contributed by atoms with Crippen LogP contribution >= 0.6 is 0 Å². The van der Waals surface area contributed by atoms with Crippen molar-refractivity contribution in [1.82, 2.24) is 0 Å². The SMILES string of the molecule is CCC(C(=O)OC)C1(N)CC1. The van der Waals surface area contributed by atoms with Gasteiger partial charge in [0.2, 0.25) is 0 Å². The van der Waals surface area contributed by atoms with Gasteiger partial charge in [-0.1, -0.05) is 6.92 Å². The minimum absolute atomic E-state index is 0.0903. The van der Waals surface area contributed by atoms with Gasteiger partial charge >= 0.3 is 5.97 Å².